The average molecular weight is 374 g/mol. The van der Waals surface area contributed by atoms with Crippen molar-refractivity contribution in [1.82, 2.24) is 15.4 Å². The van der Waals surface area contributed by atoms with Crippen LogP contribution in [0.1, 0.15) is 15.4 Å². The van der Waals surface area contributed by atoms with Crippen LogP contribution in [0.3, 0.4) is 0 Å². The second-order valence-corrected chi connectivity index (χ2v) is 6.02. The normalized spacial score (nSPS) is 10.3. The van der Waals surface area contributed by atoms with Crippen LogP contribution in [-0.2, 0) is 6.42 Å². The van der Waals surface area contributed by atoms with Crippen molar-refractivity contribution < 1.29 is 14.1 Å². The van der Waals surface area contributed by atoms with Gasteiger partial charge in [0.1, 0.15) is 6.33 Å². The molecule has 3 heterocycles. The molecule has 0 bridgehead atoms. The molecule has 11 heteroatoms. The molecule has 0 saturated heterocycles. The van der Waals surface area contributed by atoms with Crippen molar-refractivity contribution in [2.45, 2.75) is 6.42 Å². The van der Waals surface area contributed by atoms with E-state index in [0.717, 1.165) is 4.88 Å². The Bertz CT molecular complexity index is 882. The van der Waals surface area contributed by atoms with Gasteiger partial charge in [-0.1, -0.05) is 6.07 Å². The van der Waals surface area contributed by atoms with Crippen LogP contribution in [0.2, 0.25) is 0 Å². The minimum absolute atomic E-state index is 0.0588. The smallest absolute Gasteiger partial charge is 0.354 e. The highest BCUT2D eigenvalue weighted by Gasteiger charge is 2.23. The molecule has 10 nitrogen and oxygen atoms in total. The maximum absolute atomic E-state index is 11.9. The number of aromatic nitrogens is 2. The van der Waals surface area contributed by atoms with Crippen molar-refractivity contribution in [2.24, 2.45) is 0 Å². The molecular weight excluding hydrogens is 360 g/mol. The lowest BCUT2D eigenvalue weighted by Gasteiger charge is -2.10. The summed E-state index contributed by atoms with van der Waals surface area (Å²) in [6, 6.07) is 6.94. The first kappa shape index (κ1) is 17.4. The number of rotatable bonds is 8. The Morgan fingerprint density at radius 1 is 1.27 bits per heavy atom. The van der Waals surface area contributed by atoms with E-state index >= 15 is 0 Å². The number of anilines is 2. The summed E-state index contributed by atoms with van der Waals surface area (Å²) in [5.41, 5.74) is 4.37. The zero-order valence-electron chi connectivity index (χ0n) is 13.3. The molecule has 0 saturated carbocycles. The summed E-state index contributed by atoms with van der Waals surface area (Å²) in [6.07, 6.45) is 3.22. The van der Waals surface area contributed by atoms with E-state index in [1.807, 2.05) is 17.5 Å². The number of furan rings is 1. The minimum Gasteiger partial charge on any atom is -0.459 e. The first-order valence-corrected chi connectivity index (χ1v) is 8.38. The minimum atomic E-state index is -0.616. The third kappa shape index (κ3) is 4.13. The van der Waals surface area contributed by atoms with Crippen LogP contribution in [0, 0.1) is 10.1 Å². The van der Waals surface area contributed by atoms with Gasteiger partial charge in [0.15, 0.2) is 5.76 Å². The predicted octanol–water partition coefficient (Wildman–Crippen LogP) is 2.45. The molecule has 26 heavy (non-hydrogen) atoms. The molecule has 0 radical (unpaired) electrons. The number of nitrogens with one attached hydrogen (secondary N) is 3. The summed E-state index contributed by atoms with van der Waals surface area (Å²) in [4.78, 5) is 31.6. The van der Waals surface area contributed by atoms with Crippen LogP contribution in [-0.4, -0.2) is 27.3 Å². The Hall–Kier alpha value is -3.47. The van der Waals surface area contributed by atoms with Gasteiger partial charge in [-0.2, -0.15) is 0 Å². The van der Waals surface area contributed by atoms with E-state index in [1.165, 1.54) is 18.7 Å². The molecule has 3 rings (SSSR count). The Labute approximate surface area is 151 Å². The molecule has 0 aliphatic heterocycles. The summed E-state index contributed by atoms with van der Waals surface area (Å²) in [6.45, 7) is 0.469. The maximum atomic E-state index is 11.9. The molecule has 0 unspecified atom stereocenters. The van der Waals surface area contributed by atoms with E-state index in [2.05, 4.69) is 26.1 Å². The number of amides is 1. The third-order valence-corrected chi connectivity index (χ3v) is 4.22. The molecule has 134 valence electrons. The number of carbonyl (C=O) groups excluding carboxylic acids is 1. The van der Waals surface area contributed by atoms with E-state index < -0.39 is 10.8 Å². The van der Waals surface area contributed by atoms with Crippen molar-refractivity contribution in [3.8, 4) is 0 Å². The van der Waals surface area contributed by atoms with E-state index in [9.17, 15) is 14.9 Å². The maximum Gasteiger partial charge on any atom is 0.354 e. The number of carbonyl (C=O) groups is 1. The van der Waals surface area contributed by atoms with Crippen molar-refractivity contribution in [3.05, 3.63) is 63.0 Å². The third-order valence-electron chi connectivity index (χ3n) is 3.29. The van der Waals surface area contributed by atoms with Crippen LogP contribution >= 0.6 is 11.3 Å². The molecule has 0 aromatic carbocycles. The number of hydrazine groups is 1. The van der Waals surface area contributed by atoms with Crippen LogP contribution in [0.25, 0.3) is 0 Å². The van der Waals surface area contributed by atoms with Crippen LogP contribution in [0.4, 0.5) is 17.3 Å². The zero-order valence-corrected chi connectivity index (χ0v) is 14.2. The van der Waals surface area contributed by atoms with Gasteiger partial charge in [-0.05, 0) is 30.0 Å². The second kappa shape index (κ2) is 8.07. The van der Waals surface area contributed by atoms with Crippen molar-refractivity contribution >= 4 is 34.6 Å². The predicted molar refractivity (Wildman–Crippen MR) is 95.0 cm³/mol. The summed E-state index contributed by atoms with van der Waals surface area (Å²) in [5.74, 6) is -0.599. The molecule has 3 aromatic rings. The molecule has 1 amide bonds. The number of thiophene rings is 1. The zero-order chi connectivity index (χ0) is 18.4. The van der Waals surface area contributed by atoms with Gasteiger partial charge < -0.3 is 9.73 Å². The Balaban J connectivity index is 1.69. The van der Waals surface area contributed by atoms with E-state index in [-0.39, 0.29) is 23.1 Å². The van der Waals surface area contributed by atoms with Gasteiger partial charge in [0, 0.05) is 11.4 Å². The van der Waals surface area contributed by atoms with Crippen molar-refractivity contribution in [2.75, 3.05) is 17.3 Å². The number of nitro groups is 1. The monoisotopic (exact) mass is 374 g/mol. The second-order valence-electron chi connectivity index (χ2n) is 4.99. The van der Waals surface area contributed by atoms with Gasteiger partial charge in [0.2, 0.25) is 11.6 Å². The van der Waals surface area contributed by atoms with Gasteiger partial charge in [0.25, 0.3) is 0 Å². The standard InChI is InChI=1S/C15H14N6O4S/c22-15(11-4-1-7-25-11)20-19-14-12(21(23)24)13(17-9-18-14)16-6-5-10-3-2-8-26-10/h1-4,7-9H,5-6H2,(H,20,22)(H2,16,17,18,19). The molecule has 0 aliphatic carbocycles. The molecule has 3 N–H and O–H groups in total. The largest absolute Gasteiger partial charge is 0.459 e. The molecular formula is C15H14N6O4S. The van der Waals surface area contributed by atoms with Gasteiger partial charge in [0.05, 0.1) is 11.2 Å². The SMILES string of the molecule is O=C(NNc1ncnc(NCCc2cccs2)c1[N+](=O)[O-])c1ccco1. The highest BCUT2D eigenvalue weighted by Crippen LogP contribution is 2.28. The Morgan fingerprint density at radius 3 is 2.81 bits per heavy atom. The first-order chi connectivity index (χ1) is 12.6. The van der Waals surface area contributed by atoms with Crippen LogP contribution in [0.5, 0.6) is 0 Å². The highest BCUT2D eigenvalue weighted by molar-refractivity contribution is 7.09. The van der Waals surface area contributed by atoms with Crippen molar-refractivity contribution in [1.29, 1.82) is 0 Å². The van der Waals surface area contributed by atoms with E-state index in [4.69, 9.17) is 4.42 Å². The highest BCUT2D eigenvalue weighted by atomic mass is 32.1. The molecule has 0 spiro atoms. The lowest BCUT2D eigenvalue weighted by molar-refractivity contribution is -0.383. The Kier molecular flexibility index (Phi) is 5.39. The van der Waals surface area contributed by atoms with Gasteiger partial charge in [-0.15, -0.1) is 11.3 Å². The van der Waals surface area contributed by atoms with Gasteiger partial charge in [-0.3, -0.25) is 25.8 Å². The summed E-state index contributed by atoms with van der Waals surface area (Å²) in [5, 5.41) is 16.3. The average Bonchev–Trinajstić information content (AvgIpc) is 3.33. The molecule has 0 aliphatic rings. The molecule has 0 atom stereocenters. The number of nitrogens with zero attached hydrogens (tertiary/aromatic N) is 3. The quantitative estimate of drug-likeness (QED) is 0.404. The fraction of sp³-hybridized carbons (Fsp3) is 0.133. The topological polar surface area (TPSA) is 135 Å². The van der Waals surface area contributed by atoms with Crippen LogP contribution in [0.15, 0.2) is 46.7 Å². The van der Waals surface area contributed by atoms with Gasteiger partial charge >= 0.3 is 11.6 Å². The Morgan fingerprint density at radius 2 is 2.12 bits per heavy atom. The summed E-state index contributed by atoms with van der Waals surface area (Å²) < 4.78 is 4.94. The van der Waals surface area contributed by atoms with Gasteiger partial charge in [-0.25, -0.2) is 9.97 Å². The molecule has 3 aromatic heterocycles. The summed E-state index contributed by atoms with van der Waals surface area (Å²) in [7, 11) is 0. The number of hydrogen-bond acceptors (Lipinski definition) is 9. The van der Waals surface area contributed by atoms with E-state index in [1.54, 1.807) is 17.4 Å². The lowest BCUT2D eigenvalue weighted by atomic mass is 10.3. The fourth-order valence-corrected chi connectivity index (χ4v) is 2.83. The first-order valence-electron chi connectivity index (χ1n) is 7.50. The number of hydrogen-bond donors (Lipinski definition) is 3. The fourth-order valence-electron chi connectivity index (χ4n) is 2.12. The molecule has 0 fully saturated rings. The summed E-state index contributed by atoms with van der Waals surface area (Å²) >= 11 is 1.61. The van der Waals surface area contributed by atoms with E-state index in [0.29, 0.717) is 13.0 Å². The van der Waals surface area contributed by atoms with Crippen LogP contribution < -0.4 is 16.2 Å². The van der Waals surface area contributed by atoms with Crippen molar-refractivity contribution in [3.63, 3.8) is 0 Å². The lowest BCUT2D eigenvalue weighted by Crippen LogP contribution is -2.30.